The van der Waals surface area contributed by atoms with Crippen molar-refractivity contribution in [2.75, 3.05) is 13.7 Å². The number of aliphatic hydroxyl groups is 1. The molecule has 0 heterocycles. The van der Waals surface area contributed by atoms with Gasteiger partial charge in [-0.1, -0.05) is 80.4 Å². The summed E-state index contributed by atoms with van der Waals surface area (Å²) in [6, 6.07) is 19.5. The average molecular weight is 528 g/mol. The standard InChI is InChI=1S/C31H45NO6/c1-6-7-18-25(33)22-37-29-27(36-21-24-16-12-9-13-17-24)19-26(35-20-23-14-10-8-11-15-23)28(29)32(5)30(34)38-31(2,3)4/h8-17,25-29,33H,6-7,18-22H2,1-5H3/t25?,26-,27+,28+,29+/m0/s1. The highest BCUT2D eigenvalue weighted by atomic mass is 16.6. The van der Waals surface area contributed by atoms with Crippen molar-refractivity contribution in [3.8, 4) is 0 Å². The molecule has 210 valence electrons. The Kier molecular flexibility index (Phi) is 11.6. The van der Waals surface area contributed by atoms with Gasteiger partial charge in [0.25, 0.3) is 0 Å². The van der Waals surface area contributed by atoms with Crippen molar-refractivity contribution in [1.29, 1.82) is 0 Å². The molecule has 1 aliphatic carbocycles. The number of benzene rings is 2. The van der Waals surface area contributed by atoms with Crippen LogP contribution in [0.3, 0.4) is 0 Å². The highest BCUT2D eigenvalue weighted by Crippen LogP contribution is 2.34. The molecule has 1 amide bonds. The zero-order chi connectivity index (χ0) is 27.5. The van der Waals surface area contributed by atoms with Gasteiger partial charge in [0.2, 0.25) is 0 Å². The van der Waals surface area contributed by atoms with Gasteiger partial charge < -0.3 is 29.0 Å². The number of carbonyl (C=O) groups is 1. The van der Waals surface area contributed by atoms with Crippen molar-refractivity contribution in [1.82, 2.24) is 4.90 Å². The van der Waals surface area contributed by atoms with Crippen molar-refractivity contribution < 1.29 is 28.8 Å². The zero-order valence-electron chi connectivity index (χ0n) is 23.5. The van der Waals surface area contributed by atoms with E-state index >= 15 is 0 Å². The van der Waals surface area contributed by atoms with Gasteiger partial charge in [-0.05, 0) is 38.3 Å². The van der Waals surface area contributed by atoms with Crippen molar-refractivity contribution in [3.05, 3.63) is 71.8 Å². The third-order valence-corrected chi connectivity index (χ3v) is 6.66. The molecule has 2 aromatic rings. The number of ether oxygens (including phenoxy) is 4. The van der Waals surface area contributed by atoms with Gasteiger partial charge in [-0.2, -0.15) is 0 Å². The quantitative estimate of drug-likeness (QED) is 0.358. The number of nitrogens with zero attached hydrogens (tertiary/aromatic N) is 1. The minimum absolute atomic E-state index is 0.167. The van der Waals surface area contributed by atoms with Gasteiger partial charge in [0, 0.05) is 13.5 Å². The molecule has 0 aliphatic heterocycles. The Morgan fingerprint density at radius 3 is 2.03 bits per heavy atom. The molecule has 1 unspecified atom stereocenters. The maximum absolute atomic E-state index is 13.2. The molecule has 3 rings (SSSR count). The van der Waals surface area contributed by atoms with E-state index in [4.69, 9.17) is 18.9 Å². The van der Waals surface area contributed by atoms with Gasteiger partial charge in [0.05, 0.1) is 44.2 Å². The lowest BCUT2D eigenvalue weighted by atomic mass is 10.1. The molecule has 1 N–H and O–H groups in total. The van der Waals surface area contributed by atoms with Gasteiger partial charge >= 0.3 is 6.09 Å². The maximum Gasteiger partial charge on any atom is 0.410 e. The highest BCUT2D eigenvalue weighted by molar-refractivity contribution is 5.68. The van der Waals surface area contributed by atoms with Gasteiger partial charge in [-0.3, -0.25) is 0 Å². The summed E-state index contributed by atoms with van der Waals surface area (Å²) in [4.78, 5) is 14.8. The van der Waals surface area contributed by atoms with Crippen LogP contribution in [0.4, 0.5) is 4.79 Å². The SMILES string of the molecule is CCCCC(O)CO[C@H]1[C@H](N(C)C(=O)OC(C)(C)C)[C@@H](OCc2ccccc2)C[C@H]1OCc1ccccc1. The van der Waals surface area contributed by atoms with Crippen LogP contribution in [0.15, 0.2) is 60.7 Å². The van der Waals surface area contributed by atoms with Crippen LogP contribution in [0.25, 0.3) is 0 Å². The molecule has 0 spiro atoms. The first-order valence-corrected chi connectivity index (χ1v) is 13.7. The smallest absolute Gasteiger partial charge is 0.410 e. The van der Waals surface area contributed by atoms with E-state index in [-0.39, 0.29) is 18.8 Å². The Balaban J connectivity index is 1.83. The normalized spacial score (nSPS) is 22.3. The van der Waals surface area contributed by atoms with Crippen molar-refractivity contribution in [2.24, 2.45) is 0 Å². The molecule has 7 heteroatoms. The lowest BCUT2D eigenvalue weighted by Crippen LogP contribution is -2.52. The molecule has 1 fully saturated rings. The van der Waals surface area contributed by atoms with Crippen LogP contribution >= 0.6 is 0 Å². The van der Waals surface area contributed by atoms with Crippen LogP contribution in [0.5, 0.6) is 0 Å². The Labute approximate surface area is 228 Å². The van der Waals surface area contributed by atoms with E-state index in [2.05, 4.69) is 6.92 Å². The summed E-state index contributed by atoms with van der Waals surface area (Å²) in [5.74, 6) is 0. The second kappa shape index (κ2) is 14.6. The van der Waals surface area contributed by atoms with Gasteiger partial charge in [-0.15, -0.1) is 0 Å². The number of carbonyl (C=O) groups excluding carboxylic acids is 1. The number of likely N-dealkylation sites (N-methyl/N-ethyl adjacent to an activating group) is 1. The fraction of sp³-hybridized carbons (Fsp3) is 0.581. The van der Waals surface area contributed by atoms with Crippen molar-refractivity contribution in [3.63, 3.8) is 0 Å². The largest absolute Gasteiger partial charge is 0.444 e. The molecule has 7 nitrogen and oxygen atoms in total. The maximum atomic E-state index is 13.2. The molecule has 2 aromatic carbocycles. The molecule has 1 aliphatic rings. The van der Waals surface area contributed by atoms with E-state index in [1.807, 2.05) is 81.4 Å². The summed E-state index contributed by atoms with van der Waals surface area (Å²) in [5.41, 5.74) is 1.47. The predicted molar refractivity (Wildman–Crippen MR) is 148 cm³/mol. The summed E-state index contributed by atoms with van der Waals surface area (Å²) in [6.45, 7) is 8.62. The molecule has 0 saturated heterocycles. The fourth-order valence-electron chi connectivity index (χ4n) is 4.70. The number of hydrogen-bond acceptors (Lipinski definition) is 6. The van der Waals surface area contributed by atoms with Crippen molar-refractivity contribution >= 4 is 6.09 Å². The number of aliphatic hydroxyl groups excluding tert-OH is 1. The minimum atomic E-state index is -0.639. The molecule has 0 bridgehead atoms. The average Bonchev–Trinajstić information content (AvgIpc) is 3.25. The Morgan fingerprint density at radius 1 is 0.947 bits per heavy atom. The Bertz CT molecular complexity index is 948. The number of unbranched alkanes of at least 4 members (excludes halogenated alkanes) is 1. The summed E-state index contributed by atoms with van der Waals surface area (Å²) >= 11 is 0. The van der Waals surface area contributed by atoms with Crippen molar-refractivity contribution in [2.45, 2.75) is 103 Å². The van der Waals surface area contributed by atoms with Crippen LogP contribution in [0.1, 0.15) is 64.5 Å². The molecule has 1 saturated carbocycles. The second-order valence-corrected chi connectivity index (χ2v) is 11.1. The predicted octanol–water partition coefficient (Wildman–Crippen LogP) is 5.73. The molecule has 38 heavy (non-hydrogen) atoms. The second-order valence-electron chi connectivity index (χ2n) is 11.1. The summed E-state index contributed by atoms with van der Waals surface area (Å²) < 4.78 is 24.9. The van der Waals surface area contributed by atoms with Crippen LogP contribution < -0.4 is 0 Å². The number of amides is 1. The number of rotatable bonds is 13. The molecular weight excluding hydrogens is 482 g/mol. The highest BCUT2D eigenvalue weighted by Gasteiger charge is 2.49. The lowest BCUT2D eigenvalue weighted by Gasteiger charge is -2.35. The third kappa shape index (κ3) is 9.38. The Morgan fingerprint density at radius 2 is 1.50 bits per heavy atom. The summed E-state index contributed by atoms with van der Waals surface area (Å²) in [5, 5.41) is 10.5. The van der Waals surface area contributed by atoms with Crippen LogP contribution in [-0.4, -0.2) is 65.8 Å². The van der Waals surface area contributed by atoms with Crippen LogP contribution in [0.2, 0.25) is 0 Å². The first-order valence-electron chi connectivity index (χ1n) is 13.7. The fourth-order valence-corrected chi connectivity index (χ4v) is 4.70. The van der Waals surface area contributed by atoms with E-state index in [1.165, 1.54) is 0 Å². The Hall–Kier alpha value is -2.45. The molecule has 0 aromatic heterocycles. The van der Waals surface area contributed by atoms with Gasteiger partial charge in [0.15, 0.2) is 0 Å². The van der Waals surface area contributed by atoms with E-state index in [1.54, 1.807) is 11.9 Å². The lowest BCUT2D eigenvalue weighted by molar-refractivity contribution is -0.106. The van der Waals surface area contributed by atoms with Crippen LogP contribution in [0, 0.1) is 0 Å². The molecule has 0 radical (unpaired) electrons. The van der Waals surface area contributed by atoms with E-state index < -0.39 is 29.9 Å². The monoisotopic (exact) mass is 527 g/mol. The first-order chi connectivity index (χ1) is 18.2. The minimum Gasteiger partial charge on any atom is -0.444 e. The summed E-state index contributed by atoms with van der Waals surface area (Å²) in [6.07, 6.45) is 0.951. The third-order valence-electron chi connectivity index (χ3n) is 6.66. The van der Waals surface area contributed by atoms with Gasteiger partial charge in [-0.25, -0.2) is 4.79 Å². The molecular formula is C31H45NO6. The van der Waals surface area contributed by atoms with E-state index in [0.29, 0.717) is 26.1 Å². The van der Waals surface area contributed by atoms with E-state index in [0.717, 1.165) is 24.0 Å². The summed E-state index contributed by atoms with van der Waals surface area (Å²) in [7, 11) is 1.72. The van der Waals surface area contributed by atoms with E-state index in [9.17, 15) is 9.90 Å². The zero-order valence-corrected chi connectivity index (χ0v) is 23.5. The van der Waals surface area contributed by atoms with Gasteiger partial charge in [0.1, 0.15) is 11.7 Å². The van der Waals surface area contributed by atoms with Crippen LogP contribution in [-0.2, 0) is 32.2 Å². The number of hydrogen-bond donors (Lipinski definition) is 1. The topological polar surface area (TPSA) is 77.5 Å². The first kappa shape index (κ1) is 30.1. The molecule has 5 atom stereocenters.